The van der Waals surface area contributed by atoms with Gasteiger partial charge in [-0.3, -0.25) is 0 Å². The fourth-order valence-corrected chi connectivity index (χ4v) is 1.25. The lowest BCUT2D eigenvalue weighted by molar-refractivity contribution is 0.456. The molecule has 2 nitrogen and oxygen atoms in total. The molecule has 0 aliphatic carbocycles. The molecule has 0 aromatic rings. The van der Waals surface area contributed by atoms with Crippen LogP contribution < -0.4 is 0 Å². The van der Waals surface area contributed by atoms with Crippen LogP contribution in [0.25, 0.3) is 0 Å². The number of likely N-dealkylation sites (N-methyl/N-ethyl adjacent to an activating group) is 2. The summed E-state index contributed by atoms with van der Waals surface area (Å²) in [5, 5.41) is 0. The number of hydrogen-bond donors (Lipinski definition) is 0. The molecule has 1 aliphatic heterocycles. The van der Waals surface area contributed by atoms with Crippen LogP contribution in [0.15, 0.2) is 36.4 Å². The van der Waals surface area contributed by atoms with Crippen LogP contribution in [-0.4, -0.2) is 23.9 Å². The lowest BCUT2D eigenvalue weighted by atomic mass is 10.3. The van der Waals surface area contributed by atoms with Crippen molar-refractivity contribution in [2.24, 2.45) is 0 Å². The molecule has 0 atom stereocenters. The summed E-state index contributed by atoms with van der Waals surface area (Å²) in [6, 6.07) is 0. The average molecular weight is 150 g/mol. The summed E-state index contributed by atoms with van der Waals surface area (Å²) >= 11 is 0. The van der Waals surface area contributed by atoms with Crippen LogP contribution in [0.3, 0.4) is 0 Å². The highest BCUT2D eigenvalue weighted by atomic mass is 15.4. The van der Waals surface area contributed by atoms with E-state index in [1.165, 1.54) is 0 Å². The molecule has 0 bridgehead atoms. The van der Waals surface area contributed by atoms with Crippen LogP contribution in [0.4, 0.5) is 0 Å². The van der Waals surface area contributed by atoms with Crippen molar-refractivity contribution in [1.29, 1.82) is 0 Å². The van der Waals surface area contributed by atoms with Crippen molar-refractivity contribution >= 4 is 0 Å². The van der Waals surface area contributed by atoms with Crippen molar-refractivity contribution in [3.8, 4) is 0 Å². The zero-order chi connectivity index (χ0) is 8.59. The molecule has 1 heterocycles. The van der Waals surface area contributed by atoms with Crippen LogP contribution in [0, 0.1) is 0 Å². The molecule has 2 heteroatoms. The summed E-state index contributed by atoms with van der Waals surface area (Å²) in [6.45, 7) is 9.86. The molecule has 0 radical (unpaired) electrons. The predicted octanol–water partition coefficient (Wildman–Crippen LogP) is 1.75. The Labute approximate surface area is 68.1 Å². The van der Waals surface area contributed by atoms with Crippen LogP contribution in [-0.2, 0) is 0 Å². The quantitative estimate of drug-likeness (QED) is 0.519. The van der Waals surface area contributed by atoms with Gasteiger partial charge in [0.15, 0.2) is 0 Å². The molecule has 0 amide bonds. The van der Waals surface area contributed by atoms with E-state index in [-0.39, 0.29) is 0 Å². The fourth-order valence-electron chi connectivity index (χ4n) is 1.25. The van der Waals surface area contributed by atoms with E-state index in [9.17, 15) is 0 Å². The van der Waals surface area contributed by atoms with Crippen molar-refractivity contribution in [2.75, 3.05) is 14.1 Å². The van der Waals surface area contributed by atoms with Gasteiger partial charge in [-0.1, -0.05) is 19.2 Å². The van der Waals surface area contributed by atoms with Gasteiger partial charge >= 0.3 is 0 Å². The maximum absolute atomic E-state index is 3.94. The second kappa shape index (κ2) is 2.46. The summed E-state index contributed by atoms with van der Waals surface area (Å²) in [4.78, 5) is 4.01. The Morgan fingerprint density at radius 3 is 1.91 bits per heavy atom. The summed E-state index contributed by atoms with van der Waals surface area (Å²) in [6.07, 6.45) is 2.04. The second-order valence-corrected chi connectivity index (χ2v) is 2.65. The first kappa shape index (κ1) is 7.92. The minimum atomic E-state index is 0.975. The highest BCUT2D eigenvalue weighted by Crippen LogP contribution is 2.29. The molecule has 0 spiro atoms. The highest BCUT2D eigenvalue weighted by molar-refractivity contribution is 5.36. The lowest BCUT2D eigenvalue weighted by Gasteiger charge is -2.14. The van der Waals surface area contributed by atoms with Gasteiger partial charge in [0.05, 0.1) is 11.4 Å². The molecule has 1 aliphatic rings. The first-order valence-corrected chi connectivity index (χ1v) is 3.61. The van der Waals surface area contributed by atoms with E-state index in [0.29, 0.717) is 0 Å². The molecule has 60 valence electrons. The van der Waals surface area contributed by atoms with Crippen molar-refractivity contribution in [2.45, 2.75) is 6.92 Å². The molecule has 0 aromatic heterocycles. The van der Waals surface area contributed by atoms with Gasteiger partial charge in [-0.05, 0) is 6.92 Å². The second-order valence-electron chi connectivity index (χ2n) is 2.65. The lowest BCUT2D eigenvalue weighted by Crippen LogP contribution is -2.13. The molecule has 1 saturated heterocycles. The topological polar surface area (TPSA) is 6.48 Å². The van der Waals surface area contributed by atoms with Crippen LogP contribution >= 0.6 is 0 Å². The average Bonchev–Trinajstić information content (AvgIpc) is 2.17. The van der Waals surface area contributed by atoms with Gasteiger partial charge in [-0.25, -0.2) is 0 Å². The third-order valence-electron chi connectivity index (χ3n) is 2.11. The van der Waals surface area contributed by atoms with Gasteiger partial charge in [0.25, 0.3) is 0 Å². The number of rotatable bonds is 0. The molecule has 1 fully saturated rings. The predicted molar refractivity (Wildman–Crippen MR) is 47.6 cm³/mol. The third-order valence-corrected chi connectivity index (χ3v) is 2.11. The SMILES string of the molecule is C=C1/C(=C/C)N(C)C(=C)N1C. The van der Waals surface area contributed by atoms with E-state index in [0.717, 1.165) is 17.2 Å². The van der Waals surface area contributed by atoms with Crippen LogP contribution in [0.5, 0.6) is 0 Å². The van der Waals surface area contributed by atoms with Gasteiger partial charge in [0, 0.05) is 14.1 Å². The van der Waals surface area contributed by atoms with Gasteiger partial charge in [0.1, 0.15) is 5.82 Å². The van der Waals surface area contributed by atoms with Crippen molar-refractivity contribution in [1.82, 2.24) is 9.80 Å². The summed E-state index contributed by atoms with van der Waals surface area (Å²) in [5.41, 5.74) is 2.15. The molecule has 0 saturated carbocycles. The highest BCUT2D eigenvalue weighted by Gasteiger charge is 2.24. The molecule has 0 unspecified atom stereocenters. The van der Waals surface area contributed by atoms with Crippen LogP contribution in [0.1, 0.15) is 6.92 Å². The Bertz CT molecular complexity index is 238. The maximum atomic E-state index is 3.94. The standard InChI is InChI=1S/C9H14N2/c1-6-9-7(2)10(4)8(3)11(9)5/h6H,2-3H2,1,4-5H3/b9-6-. The largest absolute Gasteiger partial charge is 0.330 e. The first-order chi connectivity index (χ1) is 5.09. The van der Waals surface area contributed by atoms with E-state index in [1.54, 1.807) is 0 Å². The molecule has 0 N–H and O–H groups in total. The van der Waals surface area contributed by atoms with E-state index < -0.39 is 0 Å². The van der Waals surface area contributed by atoms with E-state index in [1.807, 2.05) is 36.9 Å². The minimum Gasteiger partial charge on any atom is -0.330 e. The van der Waals surface area contributed by atoms with Gasteiger partial charge in [-0.15, -0.1) is 0 Å². The van der Waals surface area contributed by atoms with Gasteiger partial charge in [-0.2, -0.15) is 0 Å². The van der Waals surface area contributed by atoms with E-state index in [4.69, 9.17) is 0 Å². The number of nitrogens with zero attached hydrogens (tertiary/aromatic N) is 2. The van der Waals surface area contributed by atoms with Crippen molar-refractivity contribution in [3.05, 3.63) is 36.4 Å². The normalized spacial score (nSPS) is 22.3. The van der Waals surface area contributed by atoms with E-state index >= 15 is 0 Å². The van der Waals surface area contributed by atoms with Crippen LogP contribution in [0.2, 0.25) is 0 Å². The smallest absolute Gasteiger partial charge is 0.105 e. The van der Waals surface area contributed by atoms with Gasteiger partial charge in [0.2, 0.25) is 0 Å². The Morgan fingerprint density at radius 1 is 1.18 bits per heavy atom. The Morgan fingerprint density at radius 2 is 1.73 bits per heavy atom. The Kier molecular flexibility index (Phi) is 1.77. The minimum absolute atomic E-state index is 0.975. The summed E-state index contributed by atoms with van der Waals surface area (Å²) in [7, 11) is 3.96. The third kappa shape index (κ3) is 0.946. The Hall–Kier alpha value is -1.18. The summed E-state index contributed by atoms with van der Waals surface area (Å²) in [5.74, 6) is 0.975. The Balaban J connectivity index is 3.05. The molecule has 1 rings (SSSR count). The molecular formula is C9H14N2. The number of hydrogen-bond acceptors (Lipinski definition) is 2. The number of allylic oxidation sites excluding steroid dienone is 1. The van der Waals surface area contributed by atoms with Crippen molar-refractivity contribution < 1.29 is 0 Å². The fraction of sp³-hybridized carbons (Fsp3) is 0.333. The zero-order valence-electron chi connectivity index (χ0n) is 7.39. The monoisotopic (exact) mass is 150 g/mol. The van der Waals surface area contributed by atoms with Gasteiger partial charge < -0.3 is 9.80 Å². The molecule has 0 aromatic carbocycles. The summed E-state index contributed by atoms with van der Waals surface area (Å²) < 4.78 is 0. The first-order valence-electron chi connectivity index (χ1n) is 3.61. The molecule has 11 heavy (non-hydrogen) atoms. The molecular weight excluding hydrogens is 136 g/mol. The van der Waals surface area contributed by atoms with Crippen molar-refractivity contribution in [3.63, 3.8) is 0 Å². The maximum Gasteiger partial charge on any atom is 0.105 e. The zero-order valence-corrected chi connectivity index (χ0v) is 7.39. The van der Waals surface area contributed by atoms with E-state index in [2.05, 4.69) is 13.2 Å².